The van der Waals surface area contributed by atoms with Gasteiger partial charge in [-0.1, -0.05) is 68.8 Å². The molecule has 0 amide bonds. The number of hydrogen-bond acceptors (Lipinski definition) is 1. The Morgan fingerprint density at radius 1 is 1.05 bits per heavy atom. The van der Waals surface area contributed by atoms with E-state index in [9.17, 15) is 0 Å². The normalized spacial score (nSPS) is 20.8. The molecule has 1 fully saturated rings. The van der Waals surface area contributed by atoms with Gasteiger partial charge in [0.25, 0.3) is 0 Å². The lowest BCUT2D eigenvalue weighted by Gasteiger charge is -2.24. The third kappa shape index (κ3) is 4.32. The maximum Gasteiger partial charge on any atom is 0.0517 e. The monoisotopic (exact) mass is 342 g/mol. The molecule has 1 atom stereocenters. The van der Waals surface area contributed by atoms with Gasteiger partial charge in [-0.05, 0) is 36.3 Å². The fourth-order valence-corrected chi connectivity index (χ4v) is 5.02. The molecule has 0 saturated heterocycles. The third-order valence-electron chi connectivity index (χ3n) is 4.20. The zero-order valence-electron chi connectivity index (χ0n) is 12.5. The van der Waals surface area contributed by atoms with Gasteiger partial charge in [-0.2, -0.15) is 0 Å². The summed E-state index contributed by atoms with van der Waals surface area (Å²) in [5.41, 5.74) is 0.288. The van der Waals surface area contributed by atoms with Gasteiger partial charge in [-0.25, -0.2) is 0 Å². The number of thiophene rings is 1. The van der Waals surface area contributed by atoms with Gasteiger partial charge in [-0.15, -0.1) is 11.3 Å². The smallest absolute Gasteiger partial charge is 0.0517 e. The highest BCUT2D eigenvalue weighted by Gasteiger charge is 2.24. The molecule has 0 spiro atoms. The molecule has 1 saturated carbocycles. The highest BCUT2D eigenvalue weighted by atomic mass is 79.9. The van der Waals surface area contributed by atoms with Crippen LogP contribution in [0.3, 0.4) is 0 Å². The third-order valence-corrected chi connectivity index (χ3v) is 7.34. The molecular weight excluding hydrogens is 316 g/mol. The molecule has 1 aliphatic carbocycles. The van der Waals surface area contributed by atoms with E-state index in [-0.39, 0.29) is 5.41 Å². The minimum atomic E-state index is 0.288. The number of hydrogen-bond donors (Lipinski definition) is 0. The van der Waals surface area contributed by atoms with E-state index < -0.39 is 0 Å². The first-order valence-corrected chi connectivity index (χ1v) is 9.46. The molecule has 1 unspecified atom stereocenters. The molecule has 0 N–H and O–H groups in total. The minimum Gasteiger partial charge on any atom is -0.144 e. The molecular formula is C17H27BrS. The summed E-state index contributed by atoms with van der Waals surface area (Å²) in [5.74, 6) is 0.840. The van der Waals surface area contributed by atoms with Crippen LogP contribution in [0.25, 0.3) is 0 Å². The number of halogens is 1. The van der Waals surface area contributed by atoms with Gasteiger partial charge in [0, 0.05) is 9.75 Å². The second kappa shape index (κ2) is 6.76. The predicted octanol–water partition coefficient (Wildman–Crippen LogP) is 6.84. The Balaban J connectivity index is 2.05. The van der Waals surface area contributed by atoms with Crippen molar-refractivity contribution in [2.75, 3.05) is 0 Å². The van der Waals surface area contributed by atoms with Crippen molar-refractivity contribution in [3.8, 4) is 0 Å². The van der Waals surface area contributed by atoms with Crippen LogP contribution in [0, 0.1) is 5.92 Å². The van der Waals surface area contributed by atoms with Crippen molar-refractivity contribution < 1.29 is 0 Å². The maximum atomic E-state index is 4.00. The van der Waals surface area contributed by atoms with Crippen LogP contribution in [-0.2, 0) is 5.41 Å². The molecule has 0 aromatic carbocycles. The molecule has 1 aromatic rings. The van der Waals surface area contributed by atoms with Gasteiger partial charge in [0.1, 0.15) is 0 Å². The van der Waals surface area contributed by atoms with Crippen molar-refractivity contribution >= 4 is 27.3 Å². The molecule has 19 heavy (non-hydrogen) atoms. The molecule has 0 nitrogen and oxygen atoms in total. The summed E-state index contributed by atoms with van der Waals surface area (Å²) in [5, 5.41) is 0. The summed E-state index contributed by atoms with van der Waals surface area (Å²) in [6.45, 7) is 6.92. The van der Waals surface area contributed by atoms with Crippen molar-refractivity contribution in [1.29, 1.82) is 0 Å². The predicted molar refractivity (Wildman–Crippen MR) is 90.5 cm³/mol. The Morgan fingerprint density at radius 2 is 1.63 bits per heavy atom. The van der Waals surface area contributed by atoms with E-state index in [4.69, 9.17) is 0 Å². The fraction of sp³-hybridized carbons (Fsp3) is 0.765. The van der Waals surface area contributed by atoms with Crippen LogP contribution >= 0.6 is 27.3 Å². The summed E-state index contributed by atoms with van der Waals surface area (Å²) < 4.78 is 0. The Labute approximate surface area is 131 Å². The first-order chi connectivity index (χ1) is 8.98. The second-order valence-corrected chi connectivity index (χ2v) is 9.06. The van der Waals surface area contributed by atoms with Gasteiger partial charge in [-0.3, -0.25) is 0 Å². The van der Waals surface area contributed by atoms with E-state index in [2.05, 4.69) is 48.8 Å². The van der Waals surface area contributed by atoms with Gasteiger partial charge < -0.3 is 0 Å². The lowest BCUT2D eigenvalue weighted by atomic mass is 9.88. The number of alkyl halides is 1. The van der Waals surface area contributed by atoms with Gasteiger partial charge in [0.15, 0.2) is 0 Å². The second-order valence-electron chi connectivity index (χ2n) is 6.96. The van der Waals surface area contributed by atoms with Gasteiger partial charge >= 0.3 is 0 Å². The van der Waals surface area contributed by atoms with E-state index in [1.165, 1.54) is 54.7 Å². The van der Waals surface area contributed by atoms with Crippen LogP contribution < -0.4 is 0 Å². The van der Waals surface area contributed by atoms with Crippen LogP contribution in [0.15, 0.2) is 12.1 Å². The first-order valence-electron chi connectivity index (χ1n) is 7.73. The Bertz CT molecular complexity index is 380. The van der Waals surface area contributed by atoms with Crippen molar-refractivity contribution in [1.82, 2.24) is 0 Å². The summed E-state index contributed by atoms with van der Waals surface area (Å²) in [6, 6.07) is 4.68. The summed E-state index contributed by atoms with van der Waals surface area (Å²) in [6.07, 6.45) is 9.97. The quantitative estimate of drug-likeness (QED) is 0.516. The average Bonchev–Trinajstić information content (AvgIpc) is 2.76. The average molecular weight is 343 g/mol. The van der Waals surface area contributed by atoms with E-state index in [0.29, 0.717) is 4.83 Å². The van der Waals surface area contributed by atoms with Crippen LogP contribution in [-0.4, -0.2) is 0 Å². The van der Waals surface area contributed by atoms with Crippen molar-refractivity contribution in [3.05, 3.63) is 21.9 Å². The standard InChI is InChI=1S/C17H27BrS/c1-17(2,3)15-12-11-14(19-15)16(18)13-9-7-5-4-6-8-10-13/h11-13,16H,4-10H2,1-3H3. The molecule has 108 valence electrons. The minimum absolute atomic E-state index is 0.288. The van der Waals surface area contributed by atoms with Crippen molar-refractivity contribution in [2.45, 2.75) is 76.0 Å². The zero-order valence-corrected chi connectivity index (χ0v) is 14.9. The van der Waals surface area contributed by atoms with E-state index >= 15 is 0 Å². The van der Waals surface area contributed by atoms with Gasteiger partial charge in [0.05, 0.1) is 4.83 Å². The Morgan fingerprint density at radius 3 is 2.16 bits per heavy atom. The number of rotatable bonds is 2. The summed E-state index contributed by atoms with van der Waals surface area (Å²) in [4.78, 5) is 3.62. The molecule has 1 aliphatic rings. The fourth-order valence-electron chi connectivity index (χ4n) is 2.92. The van der Waals surface area contributed by atoms with E-state index in [1.54, 1.807) is 0 Å². The van der Waals surface area contributed by atoms with Crippen LogP contribution in [0.1, 0.15) is 80.3 Å². The molecule has 2 heteroatoms. The topological polar surface area (TPSA) is 0 Å². The summed E-state index contributed by atoms with van der Waals surface area (Å²) >= 11 is 6.00. The Hall–Kier alpha value is 0.180. The van der Waals surface area contributed by atoms with Crippen LogP contribution in [0.2, 0.25) is 0 Å². The lowest BCUT2D eigenvalue weighted by Crippen LogP contribution is -2.09. The SMILES string of the molecule is CC(C)(C)c1ccc(C(Br)C2CCCCCCC2)s1. The summed E-state index contributed by atoms with van der Waals surface area (Å²) in [7, 11) is 0. The van der Waals surface area contributed by atoms with E-state index in [1.807, 2.05) is 11.3 Å². The Kier molecular flexibility index (Phi) is 5.54. The molecule has 0 radical (unpaired) electrons. The lowest BCUT2D eigenvalue weighted by molar-refractivity contribution is 0.376. The highest BCUT2D eigenvalue weighted by molar-refractivity contribution is 9.09. The largest absolute Gasteiger partial charge is 0.144 e. The molecule has 0 bridgehead atoms. The van der Waals surface area contributed by atoms with Crippen LogP contribution in [0.4, 0.5) is 0 Å². The molecule has 1 aromatic heterocycles. The molecule has 1 heterocycles. The first kappa shape index (κ1) is 15.6. The van der Waals surface area contributed by atoms with Crippen LogP contribution in [0.5, 0.6) is 0 Å². The zero-order chi connectivity index (χ0) is 13.9. The van der Waals surface area contributed by atoms with E-state index in [0.717, 1.165) is 5.92 Å². The molecule has 0 aliphatic heterocycles. The van der Waals surface area contributed by atoms with Crippen molar-refractivity contribution in [2.24, 2.45) is 5.92 Å². The van der Waals surface area contributed by atoms with Crippen molar-refractivity contribution in [3.63, 3.8) is 0 Å². The maximum absolute atomic E-state index is 4.00. The highest BCUT2D eigenvalue weighted by Crippen LogP contribution is 2.43. The molecule has 2 rings (SSSR count). The van der Waals surface area contributed by atoms with Gasteiger partial charge in [0.2, 0.25) is 0 Å².